The summed E-state index contributed by atoms with van der Waals surface area (Å²) in [5.74, 6) is 0.553. The first-order chi connectivity index (χ1) is 17.0. The summed E-state index contributed by atoms with van der Waals surface area (Å²) in [5.41, 5.74) is 2.96. The number of thioether (sulfide) groups is 1. The number of ether oxygens (including phenoxy) is 1. The van der Waals surface area contributed by atoms with Gasteiger partial charge in [0.25, 0.3) is 5.91 Å². The standard InChI is InChI=1S/C26H26N2O5S2/c1-2-32-26(31)22-19-7-3-4-8-20(19)35-24(22)27-23(30)16-9-11-17(12-10-16)25-28(21(29)15-34-25)14-18-6-5-13-33-18/h5-6,9-13,25H,2-4,7-8,14-15H2,1H3,(H,27,30)/t25-/m0/s1. The number of fused-ring (bicyclic) bond motifs is 1. The van der Waals surface area contributed by atoms with Crippen molar-refractivity contribution in [3.63, 3.8) is 0 Å². The van der Waals surface area contributed by atoms with Crippen LogP contribution in [0.25, 0.3) is 0 Å². The Balaban J connectivity index is 1.33. The number of nitrogens with zero attached hydrogens (tertiary/aromatic N) is 1. The topological polar surface area (TPSA) is 88.8 Å². The van der Waals surface area contributed by atoms with Crippen LogP contribution in [0.15, 0.2) is 47.1 Å². The highest BCUT2D eigenvalue weighted by molar-refractivity contribution is 8.00. The lowest BCUT2D eigenvalue weighted by atomic mass is 9.95. The van der Waals surface area contributed by atoms with Gasteiger partial charge >= 0.3 is 5.97 Å². The number of nitrogens with one attached hydrogen (secondary N) is 1. The van der Waals surface area contributed by atoms with Gasteiger partial charge in [0.2, 0.25) is 5.91 Å². The van der Waals surface area contributed by atoms with Gasteiger partial charge in [0.05, 0.1) is 30.7 Å². The summed E-state index contributed by atoms with van der Waals surface area (Å²) in [4.78, 5) is 41.1. The number of hydrogen-bond donors (Lipinski definition) is 1. The van der Waals surface area contributed by atoms with Gasteiger partial charge in [-0.3, -0.25) is 9.59 Å². The normalized spacial score (nSPS) is 17.3. The van der Waals surface area contributed by atoms with Crippen molar-refractivity contribution in [2.75, 3.05) is 17.7 Å². The lowest BCUT2D eigenvalue weighted by Crippen LogP contribution is -2.27. The summed E-state index contributed by atoms with van der Waals surface area (Å²) in [6, 6.07) is 10.9. The highest BCUT2D eigenvalue weighted by atomic mass is 32.2. The first-order valence-corrected chi connectivity index (χ1v) is 13.6. The summed E-state index contributed by atoms with van der Waals surface area (Å²) in [6.07, 6.45) is 5.47. The molecule has 1 saturated heterocycles. The summed E-state index contributed by atoms with van der Waals surface area (Å²) < 4.78 is 10.7. The Bertz CT molecular complexity index is 1230. The number of esters is 1. The number of thiophene rings is 1. The highest BCUT2D eigenvalue weighted by Gasteiger charge is 2.33. The molecule has 0 bridgehead atoms. The summed E-state index contributed by atoms with van der Waals surface area (Å²) in [5, 5.41) is 3.38. The van der Waals surface area contributed by atoms with Crippen molar-refractivity contribution in [2.45, 2.75) is 44.5 Å². The van der Waals surface area contributed by atoms with Gasteiger partial charge in [-0.2, -0.15) is 0 Å². The number of rotatable bonds is 7. The first kappa shape index (κ1) is 23.7. The SMILES string of the molecule is CCOC(=O)c1c(NC(=O)c2ccc([C@@H]3SCC(=O)N3Cc3ccco3)cc2)sc2c1CCCC2. The zero-order valence-corrected chi connectivity index (χ0v) is 21.0. The van der Waals surface area contributed by atoms with Gasteiger partial charge in [0, 0.05) is 10.4 Å². The molecule has 0 unspecified atom stereocenters. The van der Waals surface area contributed by atoms with E-state index in [1.807, 2.05) is 24.3 Å². The van der Waals surface area contributed by atoms with Crippen LogP contribution in [0.5, 0.6) is 0 Å². The molecule has 3 aromatic rings. The number of amides is 2. The summed E-state index contributed by atoms with van der Waals surface area (Å²) in [7, 11) is 0. The molecule has 1 aromatic carbocycles. The second kappa shape index (κ2) is 10.3. The number of carbonyl (C=O) groups is 3. The van der Waals surface area contributed by atoms with Gasteiger partial charge in [-0.25, -0.2) is 4.79 Å². The number of anilines is 1. The van der Waals surface area contributed by atoms with Crippen molar-refractivity contribution in [2.24, 2.45) is 0 Å². The van der Waals surface area contributed by atoms with Crippen molar-refractivity contribution in [3.05, 3.63) is 75.6 Å². The average Bonchev–Trinajstić information content (AvgIpc) is 3.59. The molecule has 5 rings (SSSR count). The minimum absolute atomic E-state index is 0.0615. The van der Waals surface area contributed by atoms with E-state index in [4.69, 9.17) is 9.15 Å². The van der Waals surface area contributed by atoms with E-state index in [2.05, 4.69) is 5.32 Å². The number of aryl methyl sites for hydroxylation is 1. The Morgan fingerprint density at radius 1 is 1.17 bits per heavy atom. The Hall–Kier alpha value is -3.04. The maximum absolute atomic E-state index is 13.1. The lowest BCUT2D eigenvalue weighted by molar-refractivity contribution is -0.128. The molecule has 2 aromatic heterocycles. The van der Waals surface area contributed by atoms with Crippen molar-refractivity contribution >= 4 is 45.9 Å². The molecule has 2 aliphatic rings. The fraction of sp³-hybridized carbons (Fsp3) is 0.346. The zero-order valence-electron chi connectivity index (χ0n) is 19.4. The third-order valence-electron chi connectivity index (χ3n) is 6.21. The molecule has 1 aliphatic heterocycles. The van der Waals surface area contributed by atoms with Crippen LogP contribution in [0.1, 0.15) is 67.6 Å². The lowest BCUT2D eigenvalue weighted by Gasteiger charge is -2.23. The largest absolute Gasteiger partial charge is 0.467 e. The van der Waals surface area contributed by atoms with Crippen LogP contribution >= 0.6 is 23.1 Å². The van der Waals surface area contributed by atoms with E-state index >= 15 is 0 Å². The molecule has 1 N–H and O–H groups in total. The van der Waals surface area contributed by atoms with Crippen molar-refractivity contribution in [1.82, 2.24) is 4.90 Å². The number of benzene rings is 1. The van der Waals surface area contributed by atoms with Crippen molar-refractivity contribution in [1.29, 1.82) is 0 Å². The van der Waals surface area contributed by atoms with Crippen molar-refractivity contribution in [3.8, 4) is 0 Å². The van der Waals surface area contributed by atoms with Gasteiger partial charge in [-0.05, 0) is 68.0 Å². The highest BCUT2D eigenvalue weighted by Crippen LogP contribution is 2.40. The number of furan rings is 1. The predicted molar refractivity (Wildman–Crippen MR) is 136 cm³/mol. The van der Waals surface area contributed by atoms with Crippen molar-refractivity contribution < 1.29 is 23.5 Å². The monoisotopic (exact) mass is 510 g/mol. The molecule has 182 valence electrons. The van der Waals surface area contributed by atoms with E-state index in [-0.39, 0.29) is 29.8 Å². The fourth-order valence-corrected chi connectivity index (χ4v) is 6.98. The molecule has 0 radical (unpaired) electrons. The number of carbonyl (C=O) groups excluding carboxylic acids is 3. The molecule has 7 nitrogen and oxygen atoms in total. The average molecular weight is 511 g/mol. The van der Waals surface area contributed by atoms with Crippen LogP contribution in [-0.2, 0) is 28.9 Å². The molecule has 0 saturated carbocycles. The second-order valence-corrected chi connectivity index (χ2v) is 10.6. The van der Waals surface area contributed by atoms with Crippen LogP contribution < -0.4 is 5.32 Å². The van der Waals surface area contributed by atoms with Gasteiger partial charge in [-0.15, -0.1) is 23.1 Å². The predicted octanol–water partition coefficient (Wildman–Crippen LogP) is 5.42. The molecule has 1 fully saturated rings. The van der Waals surface area contributed by atoms with Crippen LogP contribution in [0, 0.1) is 0 Å². The molecule has 2 amide bonds. The number of hydrogen-bond acceptors (Lipinski definition) is 7. The quantitative estimate of drug-likeness (QED) is 0.427. The van der Waals surface area contributed by atoms with E-state index < -0.39 is 0 Å². The molecule has 35 heavy (non-hydrogen) atoms. The van der Waals surface area contributed by atoms with Gasteiger partial charge in [0.1, 0.15) is 16.1 Å². The van der Waals surface area contributed by atoms with Gasteiger partial charge in [0.15, 0.2) is 0 Å². The van der Waals surface area contributed by atoms with Crippen LogP contribution in [-0.4, -0.2) is 35.0 Å². The Morgan fingerprint density at radius 3 is 2.71 bits per heavy atom. The van der Waals surface area contributed by atoms with E-state index in [9.17, 15) is 14.4 Å². The van der Waals surface area contributed by atoms with Gasteiger partial charge in [-0.1, -0.05) is 12.1 Å². The first-order valence-electron chi connectivity index (χ1n) is 11.7. The van der Waals surface area contributed by atoms with E-state index in [0.717, 1.165) is 47.4 Å². The zero-order chi connectivity index (χ0) is 24.4. The minimum atomic E-state index is -0.378. The molecular formula is C26H26N2O5S2. The Morgan fingerprint density at radius 2 is 1.97 bits per heavy atom. The molecule has 1 atom stereocenters. The van der Waals surface area contributed by atoms with E-state index in [1.165, 1.54) is 11.3 Å². The van der Waals surface area contributed by atoms with E-state index in [1.54, 1.807) is 42.0 Å². The third kappa shape index (κ3) is 4.88. The third-order valence-corrected chi connectivity index (χ3v) is 8.67. The maximum Gasteiger partial charge on any atom is 0.341 e. The smallest absolute Gasteiger partial charge is 0.341 e. The summed E-state index contributed by atoms with van der Waals surface area (Å²) >= 11 is 3.04. The maximum atomic E-state index is 13.1. The van der Waals surface area contributed by atoms with Crippen LogP contribution in [0.4, 0.5) is 5.00 Å². The van der Waals surface area contributed by atoms with E-state index in [0.29, 0.717) is 28.4 Å². The van der Waals surface area contributed by atoms with Crippen LogP contribution in [0.2, 0.25) is 0 Å². The summed E-state index contributed by atoms with van der Waals surface area (Å²) in [6.45, 7) is 2.48. The van der Waals surface area contributed by atoms with Gasteiger partial charge < -0.3 is 19.4 Å². The molecule has 3 heterocycles. The molecule has 9 heteroatoms. The molecular weight excluding hydrogens is 484 g/mol. The minimum Gasteiger partial charge on any atom is -0.467 e. The molecule has 0 spiro atoms. The second-order valence-electron chi connectivity index (χ2n) is 8.48. The molecule has 1 aliphatic carbocycles. The van der Waals surface area contributed by atoms with Crippen LogP contribution in [0.3, 0.4) is 0 Å². The Kier molecular flexibility index (Phi) is 6.97. The fourth-order valence-electron chi connectivity index (χ4n) is 4.52. The Labute approximate surface area is 211 Å².